The van der Waals surface area contributed by atoms with E-state index in [1.807, 2.05) is 25.1 Å². The fraction of sp³-hybridized carbons (Fsp3) is 0.286. The number of imidazole rings is 2. The summed E-state index contributed by atoms with van der Waals surface area (Å²) in [7, 11) is 0. The minimum absolute atomic E-state index is 0.122. The number of aryl methyl sites for hydroxylation is 1. The predicted molar refractivity (Wildman–Crippen MR) is 139 cm³/mol. The van der Waals surface area contributed by atoms with Crippen LogP contribution in [0.15, 0.2) is 42.5 Å². The van der Waals surface area contributed by atoms with Crippen LogP contribution in [0, 0.1) is 17.7 Å². The summed E-state index contributed by atoms with van der Waals surface area (Å²) in [6.45, 7) is 4.63. The third-order valence-electron chi connectivity index (χ3n) is 6.20. The Labute approximate surface area is 203 Å². The second-order valence-electron chi connectivity index (χ2n) is 8.87. The molecule has 0 aliphatic heterocycles. The van der Waals surface area contributed by atoms with E-state index in [0.29, 0.717) is 29.0 Å². The zero-order valence-corrected chi connectivity index (χ0v) is 20.0. The van der Waals surface area contributed by atoms with Crippen molar-refractivity contribution >= 4 is 32.8 Å². The lowest BCUT2D eigenvalue weighted by Crippen LogP contribution is -2.36. The van der Waals surface area contributed by atoms with Crippen LogP contribution in [-0.2, 0) is 13.0 Å². The molecule has 6 nitrogen and oxygen atoms in total. The molecule has 7 heteroatoms. The molecule has 0 aliphatic carbocycles. The highest BCUT2D eigenvalue weighted by molar-refractivity contribution is 6.04. The molecule has 3 aromatic carbocycles. The van der Waals surface area contributed by atoms with E-state index in [4.69, 9.17) is 10.7 Å². The first kappa shape index (κ1) is 23.0. The number of aromatic nitrogens is 4. The van der Waals surface area contributed by atoms with Gasteiger partial charge in [-0.3, -0.25) is 5.32 Å². The minimum atomic E-state index is -0.396. The number of fused-ring (bicyclic) bond motifs is 4. The first-order valence-corrected chi connectivity index (χ1v) is 12.1. The summed E-state index contributed by atoms with van der Waals surface area (Å²) in [5.41, 5.74) is 10.3. The van der Waals surface area contributed by atoms with Crippen molar-refractivity contribution in [2.24, 2.45) is 5.73 Å². The van der Waals surface area contributed by atoms with Gasteiger partial charge in [-0.25, -0.2) is 14.4 Å². The van der Waals surface area contributed by atoms with E-state index in [1.165, 1.54) is 6.07 Å². The molecule has 1 unspecified atom stereocenters. The normalized spacial score (nSPS) is 12.3. The summed E-state index contributed by atoms with van der Waals surface area (Å²) >= 11 is 0. The van der Waals surface area contributed by atoms with Crippen molar-refractivity contribution in [3.8, 4) is 11.8 Å². The number of nitrogens with two attached hydrogens (primary N) is 1. The Hall–Kier alpha value is -3.73. The first-order valence-electron chi connectivity index (χ1n) is 12.1. The van der Waals surface area contributed by atoms with Crippen LogP contribution in [0.25, 0.3) is 32.8 Å². The van der Waals surface area contributed by atoms with Crippen LogP contribution in [0.5, 0.6) is 0 Å². The van der Waals surface area contributed by atoms with Gasteiger partial charge in [0.15, 0.2) is 5.82 Å². The van der Waals surface area contributed by atoms with Gasteiger partial charge in [0, 0.05) is 22.9 Å². The Bertz CT molecular complexity index is 1570. The molecule has 0 radical (unpaired) electrons. The number of nitrogens with one attached hydrogen (secondary N) is 3. The van der Waals surface area contributed by atoms with Crippen LogP contribution in [0.2, 0.25) is 0 Å². The van der Waals surface area contributed by atoms with Gasteiger partial charge in [-0.2, -0.15) is 0 Å². The van der Waals surface area contributed by atoms with Crippen molar-refractivity contribution in [3.05, 3.63) is 71.1 Å². The fourth-order valence-corrected chi connectivity index (χ4v) is 4.19. The zero-order chi connectivity index (χ0) is 24.4. The van der Waals surface area contributed by atoms with Crippen LogP contribution in [0.4, 0.5) is 4.39 Å². The lowest BCUT2D eigenvalue weighted by molar-refractivity contribution is 0.505. The standard InChI is InChI=1S/C28H29FN6/c1-3-5-6-25-32-22-12-10-19-13-17(9-11-20(19)27(22)34-25)7-8-18-14-21(29)28-23(15-18)33-26(35-28)16-31-24(30)4-2/h9-15,24,31H,3-6,16,30H2,1-2H3,(H,32,34)(H,33,35). The van der Waals surface area contributed by atoms with Crippen molar-refractivity contribution in [2.75, 3.05) is 0 Å². The van der Waals surface area contributed by atoms with E-state index < -0.39 is 5.82 Å². The van der Waals surface area contributed by atoms with Crippen LogP contribution in [-0.4, -0.2) is 26.1 Å². The van der Waals surface area contributed by atoms with Gasteiger partial charge in [0.05, 0.1) is 29.3 Å². The van der Waals surface area contributed by atoms with E-state index in [2.05, 4.69) is 57.2 Å². The molecule has 2 heterocycles. The quantitative estimate of drug-likeness (QED) is 0.194. The molecule has 0 aliphatic rings. The van der Waals surface area contributed by atoms with Crippen LogP contribution in [0.1, 0.15) is 55.9 Å². The van der Waals surface area contributed by atoms with Crippen LogP contribution < -0.4 is 11.1 Å². The number of benzene rings is 3. The van der Waals surface area contributed by atoms with E-state index in [9.17, 15) is 4.39 Å². The molecule has 0 spiro atoms. The molecule has 0 fully saturated rings. The fourth-order valence-electron chi connectivity index (χ4n) is 4.19. The predicted octanol–water partition coefficient (Wildman–Crippen LogP) is 5.26. The molecule has 0 amide bonds. The summed E-state index contributed by atoms with van der Waals surface area (Å²) in [6, 6.07) is 13.5. The highest BCUT2D eigenvalue weighted by Crippen LogP contribution is 2.25. The number of rotatable bonds is 7. The maximum absolute atomic E-state index is 14.7. The van der Waals surface area contributed by atoms with Gasteiger partial charge in [0.1, 0.15) is 17.2 Å². The van der Waals surface area contributed by atoms with Gasteiger partial charge >= 0.3 is 0 Å². The number of hydrogen-bond donors (Lipinski definition) is 4. The Kier molecular flexibility index (Phi) is 6.49. The molecular weight excluding hydrogens is 439 g/mol. The zero-order valence-electron chi connectivity index (χ0n) is 20.0. The Balaban J connectivity index is 1.41. The molecular formula is C28H29FN6. The number of H-pyrrole nitrogens is 2. The largest absolute Gasteiger partial charge is 0.342 e. The number of aromatic amines is 2. The van der Waals surface area contributed by atoms with E-state index in [1.54, 1.807) is 0 Å². The molecule has 0 saturated heterocycles. The molecule has 0 saturated carbocycles. The van der Waals surface area contributed by atoms with Gasteiger partial charge in [-0.15, -0.1) is 0 Å². The third-order valence-corrected chi connectivity index (χ3v) is 6.20. The minimum Gasteiger partial charge on any atom is -0.342 e. The lowest BCUT2D eigenvalue weighted by Gasteiger charge is -2.08. The first-order chi connectivity index (χ1) is 17.0. The molecule has 5 rings (SSSR count). The molecule has 5 aromatic rings. The Morgan fingerprint density at radius 2 is 1.74 bits per heavy atom. The molecule has 0 bridgehead atoms. The topological polar surface area (TPSA) is 95.4 Å². The summed E-state index contributed by atoms with van der Waals surface area (Å²) in [6.07, 6.45) is 3.90. The van der Waals surface area contributed by atoms with Crippen molar-refractivity contribution < 1.29 is 4.39 Å². The maximum atomic E-state index is 14.7. The van der Waals surface area contributed by atoms with Gasteiger partial charge in [0.25, 0.3) is 0 Å². The van der Waals surface area contributed by atoms with Gasteiger partial charge < -0.3 is 15.7 Å². The average Bonchev–Trinajstić information content (AvgIpc) is 3.48. The van der Waals surface area contributed by atoms with E-state index in [-0.39, 0.29) is 6.17 Å². The van der Waals surface area contributed by atoms with Crippen molar-refractivity contribution in [2.45, 2.75) is 52.2 Å². The number of nitrogens with zero attached hydrogens (tertiary/aromatic N) is 2. The number of unbranched alkanes of at least 4 members (excludes halogenated alkanes) is 1. The Morgan fingerprint density at radius 3 is 2.57 bits per heavy atom. The van der Waals surface area contributed by atoms with Gasteiger partial charge in [-0.05, 0) is 48.6 Å². The van der Waals surface area contributed by atoms with Crippen molar-refractivity contribution in [1.29, 1.82) is 0 Å². The molecule has 1 atom stereocenters. The molecule has 178 valence electrons. The smallest absolute Gasteiger partial charge is 0.152 e. The summed E-state index contributed by atoms with van der Waals surface area (Å²) in [5.74, 6) is 7.55. The summed E-state index contributed by atoms with van der Waals surface area (Å²) in [5, 5.41) is 5.33. The van der Waals surface area contributed by atoms with E-state index >= 15 is 0 Å². The third kappa shape index (κ3) is 4.90. The molecule has 2 aromatic heterocycles. The monoisotopic (exact) mass is 468 g/mol. The SMILES string of the molecule is CCCCc1nc2c(ccc3cc(C#Cc4cc(F)c5nc(CNC(N)CC)[nH]c5c4)ccc32)[nH]1. The highest BCUT2D eigenvalue weighted by atomic mass is 19.1. The average molecular weight is 469 g/mol. The highest BCUT2D eigenvalue weighted by Gasteiger charge is 2.10. The van der Waals surface area contributed by atoms with Crippen LogP contribution >= 0.6 is 0 Å². The van der Waals surface area contributed by atoms with Crippen molar-refractivity contribution in [1.82, 2.24) is 25.3 Å². The number of halogens is 1. The number of hydrogen-bond acceptors (Lipinski definition) is 4. The van der Waals surface area contributed by atoms with E-state index in [0.717, 1.165) is 58.9 Å². The Morgan fingerprint density at radius 1 is 0.943 bits per heavy atom. The molecule has 5 N–H and O–H groups in total. The lowest BCUT2D eigenvalue weighted by atomic mass is 10.1. The van der Waals surface area contributed by atoms with Crippen LogP contribution in [0.3, 0.4) is 0 Å². The van der Waals surface area contributed by atoms with Gasteiger partial charge in [-0.1, -0.05) is 44.2 Å². The second-order valence-corrected chi connectivity index (χ2v) is 8.87. The summed E-state index contributed by atoms with van der Waals surface area (Å²) < 4.78 is 14.7. The second kappa shape index (κ2) is 9.87. The molecule has 35 heavy (non-hydrogen) atoms. The van der Waals surface area contributed by atoms with Gasteiger partial charge in [0.2, 0.25) is 0 Å². The summed E-state index contributed by atoms with van der Waals surface area (Å²) in [4.78, 5) is 15.8. The van der Waals surface area contributed by atoms with Crippen molar-refractivity contribution in [3.63, 3.8) is 0 Å². The maximum Gasteiger partial charge on any atom is 0.152 e.